The number of halogens is 1. The number of nitrogens with one attached hydrogen (secondary N) is 2. The van der Waals surface area contributed by atoms with Gasteiger partial charge in [0.05, 0.1) is 34.5 Å². The lowest BCUT2D eigenvalue weighted by molar-refractivity contribution is 0.102. The van der Waals surface area contributed by atoms with Crippen LogP contribution in [0.15, 0.2) is 78.0 Å². The van der Waals surface area contributed by atoms with Crippen LogP contribution in [0.2, 0.25) is 5.02 Å². The Bertz CT molecular complexity index is 1550. The van der Waals surface area contributed by atoms with Crippen molar-refractivity contribution >= 4 is 45.0 Å². The van der Waals surface area contributed by atoms with Gasteiger partial charge in [-0.3, -0.25) is 14.2 Å². The maximum atomic E-state index is 13.3. The van der Waals surface area contributed by atoms with Crippen LogP contribution in [0.25, 0.3) is 21.8 Å². The molecule has 158 valence electrons. The highest BCUT2D eigenvalue weighted by molar-refractivity contribution is 6.32. The quantitative estimate of drug-likeness (QED) is 0.379. The fourth-order valence-electron chi connectivity index (χ4n) is 3.71. The van der Waals surface area contributed by atoms with Crippen molar-refractivity contribution < 1.29 is 9.90 Å². The number of aromatic hydroxyl groups is 1. The third-order valence-corrected chi connectivity index (χ3v) is 5.63. The van der Waals surface area contributed by atoms with Crippen molar-refractivity contribution in [3.8, 4) is 5.75 Å². The average molecular weight is 445 g/mol. The Morgan fingerprint density at radius 1 is 1.12 bits per heavy atom. The summed E-state index contributed by atoms with van der Waals surface area (Å²) in [6.45, 7) is 0.335. The molecular formula is C24H17ClN4O3. The van der Waals surface area contributed by atoms with Crippen LogP contribution in [0.1, 0.15) is 15.9 Å². The zero-order chi connectivity index (χ0) is 22.2. The van der Waals surface area contributed by atoms with E-state index in [1.165, 1.54) is 29.1 Å². The van der Waals surface area contributed by atoms with E-state index in [0.717, 1.165) is 16.5 Å². The topological polar surface area (TPSA) is 100 Å². The van der Waals surface area contributed by atoms with Crippen molar-refractivity contribution in [2.45, 2.75) is 6.54 Å². The van der Waals surface area contributed by atoms with E-state index in [1.807, 2.05) is 30.5 Å². The van der Waals surface area contributed by atoms with Crippen molar-refractivity contribution in [3.05, 3.63) is 99.7 Å². The summed E-state index contributed by atoms with van der Waals surface area (Å²) in [6, 6.07) is 17.1. The lowest BCUT2D eigenvalue weighted by Crippen LogP contribution is -2.23. The fraction of sp³-hybridized carbons (Fsp3) is 0.0417. The molecule has 0 bridgehead atoms. The molecule has 0 fully saturated rings. The van der Waals surface area contributed by atoms with Crippen molar-refractivity contribution in [1.29, 1.82) is 0 Å². The van der Waals surface area contributed by atoms with Gasteiger partial charge in [0.15, 0.2) is 0 Å². The predicted octanol–water partition coefficient (Wildman–Crippen LogP) is 4.54. The molecule has 8 heteroatoms. The van der Waals surface area contributed by atoms with Crippen LogP contribution in [0.5, 0.6) is 5.75 Å². The second-order valence-corrected chi connectivity index (χ2v) is 7.76. The van der Waals surface area contributed by atoms with Gasteiger partial charge >= 0.3 is 0 Å². The van der Waals surface area contributed by atoms with Crippen LogP contribution in [0.3, 0.4) is 0 Å². The van der Waals surface area contributed by atoms with E-state index in [-0.39, 0.29) is 21.9 Å². The monoisotopic (exact) mass is 444 g/mol. The Morgan fingerprint density at radius 2 is 1.97 bits per heavy atom. The Kier molecular flexibility index (Phi) is 4.88. The minimum absolute atomic E-state index is 0.0679. The Hall–Kier alpha value is -4.10. The van der Waals surface area contributed by atoms with Crippen LogP contribution in [-0.2, 0) is 6.54 Å². The lowest BCUT2D eigenvalue weighted by Gasteiger charge is -2.11. The molecule has 0 atom stereocenters. The number of amides is 1. The SMILES string of the molecule is O=C(Nc1cccc2ncn(Cc3c[nH]c4ccccc34)c(=O)c12)c1ccc(O)c(Cl)c1. The zero-order valence-corrected chi connectivity index (χ0v) is 17.4. The number of aromatic amines is 1. The maximum Gasteiger partial charge on any atom is 0.263 e. The summed E-state index contributed by atoms with van der Waals surface area (Å²) in [7, 11) is 0. The van der Waals surface area contributed by atoms with Gasteiger partial charge in [0.1, 0.15) is 5.75 Å². The Morgan fingerprint density at radius 3 is 2.81 bits per heavy atom. The minimum atomic E-state index is -0.453. The smallest absolute Gasteiger partial charge is 0.263 e. The number of aromatic nitrogens is 3. The fourth-order valence-corrected chi connectivity index (χ4v) is 3.89. The number of phenolic OH excluding ortho intramolecular Hbond substituents is 1. The Labute approximate surface area is 186 Å². The molecule has 5 rings (SSSR count). The molecule has 0 aliphatic heterocycles. The van der Waals surface area contributed by atoms with Crippen LogP contribution in [-0.4, -0.2) is 25.5 Å². The summed E-state index contributed by atoms with van der Waals surface area (Å²) in [5.41, 5.74) is 2.77. The van der Waals surface area contributed by atoms with Crippen molar-refractivity contribution in [3.63, 3.8) is 0 Å². The van der Waals surface area contributed by atoms with Crippen LogP contribution >= 0.6 is 11.6 Å². The molecule has 0 aliphatic rings. The number of hydrogen-bond acceptors (Lipinski definition) is 4. The number of para-hydroxylation sites is 1. The number of fused-ring (bicyclic) bond motifs is 2. The van der Waals surface area contributed by atoms with Crippen molar-refractivity contribution in [1.82, 2.24) is 14.5 Å². The number of hydrogen-bond donors (Lipinski definition) is 3. The molecule has 5 aromatic rings. The normalized spacial score (nSPS) is 11.2. The molecule has 0 radical (unpaired) electrons. The number of rotatable bonds is 4. The van der Waals surface area contributed by atoms with E-state index in [0.29, 0.717) is 23.1 Å². The average Bonchev–Trinajstić information content (AvgIpc) is 3.20. The van der Waals surface area contributed by atoms with E-state index in [2.05, 4.69) is 15.3 Å². The molecule has 0 spiro atoms. The summed E-state index contributed by atoms with van der Waals surface area (Å²) < 4.78 is 1.52. The van der Waals surface area contributed by atoms with Gasteiger partial charge in [-0.25, -0.2) is 4.98 Å². The predicted molar refractivity (Wildman–Crippen MR) is 124 cm³/mol. The number of anilines is 1. The van der Waals surface area contributed by atoms with Gasteiger partial charge in [-0.15, -0.1) is 0 Å². The van der Waals surface area contributed by atoms with Gasteiger partial charge in [-0.2, -0.15) is 0 Å². The first-order chi connectivity index (χ1) is 15.5. The maximum absolute atomic E-state index is 13.3. The molecule has 7 nitrogen and oxygen atoms in total. The van der Waals surface area contributed by atoms with E-state index in [9.17, 15) is 14.7 Å². The highest BCUT2D eigenvalue weighted by atomic mass is 35.5. The number of carbonyl (C=O) groups excluding carboxylic acids is 1. The highest BCUT2D eigenvalue weighted by Crippen LogP contribution is 2.25. The number of nitrogens with zero attached hydrogens (tertiary/aromatic N) is 2. The molecule has 2 aromatic heterocycles. The molecule has 2 heterocycles. The van der Waals surface area contributed by atoms with Gasteiger partial charge in [-0.1, -0.05) is 35.9 Å². The first kappa shape index (κ1) is 19.8. The zero-order valence-electron chi connectivity index (χ0n) is 16.7. The summed E-state index contributed by atoms with van der Waals surface area (Å²) in [6.07, 6.45) is 3.39. The van der Waals surface area contributed by atoms with Crippen LogP contribution in [0, 0.1) is 0 Å². The first-order valence-corrected chi connectivity index (χ1v) is 10.2. The third kappa shape index (κ3) is 3.48. The largest absolute Gasteiger partial charge is 0.506 e. The number of phenols is 1. The van der Waals surface area contributed by atoms with Gasteiger partial charge in [0.25, 0.3) is 11.5 Å². The molecule has 0 aliphatic carbocycles. The van der Waals surface area contributed by atoms with Crippen LogP contribution in [0.4, 0.5) is 5.69 Å². The van der Waals surface area contributed by atoms with E-state index >= 15 is 0 Å². The van der Waals surface area contributed by atoms with Crippen LogP contribution < -0.4 is 10.9 Å². The van der Waals surface area contributed by atoms with Gasteiger partial charge in [0.2, 0.25) is 0 Å². The summed E-state index contributed by atoms with van der Waals surface area (Å²) in [4.78, 5) is 33.7. The number of H-pyrrole nitrogens is 1. The second-order valence-electron chi connectivity index (χ2n) is 7.36. The molecule has 32 heavy (non-hydrogen) atoms. The number of carbonyl (C=O) groups is 1. The van der Waals surface area contributed by atoms with E-state index < -0.39 is 5.91 Å². The van der Waals surface area contributed by atoms with Gasteiger partial charge in [0, 0.05) is 22.7 Å². The lowest BCUT2D eigenvalue weighted by atomic mass is 10.1. The van der Waals surface area contributed by atoms with Gasteiger partial charge < -0.3 is 15.4 Å². The van der Waals surface area contributed by atoms with Crippen molar-refractivity contribution in [2.24, 2.45) is 0 Å². The van der Waals surface area contributed by atoms with E-state index in [4.69, 9.17) is 11.6 Å². The third-order valence-electron chi connectivity index (χ3n) is 5.33. The summed E-state index contributed by atoms with van der Waals surface area (Å²) in [5.74, 6) is -0.566. The Balaban J connectivity index is 1.53. The molecule has 1 amide bonds. The highest BCUT2D eigenvalue weighted by Gasteiger charge is 2.15. The molecular weight excluding hydrogens is 428 g/mol. The minimum Gasteiger partial charge on any atom is -0.506 e. The first-order valence-electron chi connectivity index (χ1n) is 9.84. The summed E-state index contributed by atoms with van der Waals surface area (Å²) >= 11 is 5.92. The molecule has 0 saturated heterocycles. The second kappa shape index (κ2) is 7.86. The molecule has 3 N–H and O–H groups in total. The summed E-state index contributed by atoms with van der Waals surface area (Å²) in [5, 5.41) is 13.8. The van der Waals surface area contributed by atoms with E-state index in [1.54, 1.807) is 18.2 Å². The standard InChI is InChI=1S/C24H17ClN4O3/c25-17-10-14(8-9-21(17)30)23(31)28-20-7-3-6-19-22(20)24(32)29(13-27-19)12-15-11-26-18-5-2-1-4-16(15)18/h1-11,13,26,30H,12H2,(H,28,31). The molecule has 0 saturated carbocycles. The molecule has 3 aromatic carbocycles. The number of benzene rings is 3. The molecule has 0 unspecified atom stereocenters. The van der Waals surface area contributed by atoms with Crippen molar-refractivity contribution in [2.75, 3.05) is 5.32 Å². The van der Waals surface area contributed by atoms with Gasteiger partial charge in [-0.05, 0) is 42.0 Å².